The van der Waals surface area contributed by atoms with Crippen LogP contribution in [0, 0.1) is 0 Å². The van der Waals surface area contributed by atoms with Gasteiger partial charge in [0.05, 0.1) is 12.3 Å². The molecule has 0 fully saturated rings. The first-order chi connectivity index (χ1) is 10.2. The molecule has 0 aromatic heterocycles. The Labute approximate surface area is 143 Å². The maximum absolute atomic E-state index is 6.08. The van der Waals surface area contributed by atoms with Crippen molar-refractivity contribution in [1.82, 2.24) is 4.90 Å². The van der Waals surface area contributed by atoms with E-state index in [9.17, 15) is 0 Å². The second-order valence-electron chi connectivity index (χ2n) is 4.99. The number of likely N-dealkylation sites (N-methyl/N-ethyl adjacent to an activating group) is 1. The van der Waals surface area contributed by atoms with Gasteiger partial charge >= 0.3 is 0 Å². The van der Waals surface area contributed by atoms with Gasteiger partial charge in [-0.2, -0.15) is 0 Å². The number of oxime groups is 1. The summed E-state index contributed by atoms with van der Waals surface area (Å²) in [5.74, 6) is 0.836. The predicted molar refractivity (Wildman–Crippen MR) is 93.7 cm³/mol. The highest BCUT2D eigenvalue weighted by molar-refractivity contribution is 6.31. The van der Waals surface area contributed by atoms with Gasteiger partial charge in [0.1, 0.15) is 12.4 Å². The van der Waals surface area contributed by atoms with Gasteiger partial charge in [0, 0.05) is 17.1 Å². The number of hydrogen-bond donors (Lipinski definition) is 0. The lowest BCUT2D eigenvalue weighted by molar-refractivity contribution is 0.114. The van der Waals surface area contributed by atoms with E-state index in [1.54, 1.807) is 0 Å². The number of fused-ring (bicyclic) bond motifs is 1. The van der Waals surface area contributed by atoms with Crippen molar-refractivity contribution in [3.63, 3.8) is 0 Å². The summed E-state index contributed by atoms with van der Waals surface area (Å²) < 4.78 is 5.71. The average Bonchev–Trinajstić information content (AvgIpc) is 2.69. The highest BCUT2D eigenvalue weighted by Crippen LogP contribution is 2.27. The second-order valence-corrected chi connectivity index (χ2v) is 5.43. The molecule has 1 aromatic carbocycles. The molecule has 124 valence electrons. The molecule has 0 N–H and O–H groups in total. The largest absolute Gasteiger partial charge is 0.493 e. The molecule has 0 atom stereocenters. The first-order valence-electron chi connectivity index (χ1n) is 7.58. The molecule has 0 unspecified atom stereocenters. The quantitative estimate of drug-likeness (QED) is 0.576. The third-order valence-electron chi connectivity index (χ3n) is 3.64. The van der Waals surface area contributed by atoms with Gasteiger partial charge in [0.2, 0.25) is 0 Å². The van der Waals surface area contributed by atoms with Crippen molar-refractivity contribution in [3.05, 3.63) is 28.8 Å². The predicted octanol–water partition coefficient (Wildman–Crippen LogP) is 4.00. The van der Waals surface area contributed by atoms with Crippen LogP contribution in [0.5, 0.6) is 5.75 Å². The van der Waals surface area contributed by atoms with Gasteiger partial charge < -0.3 is 14.5 Å². The number of hydrogen-bond acceptors (Lipinski definition) is 4. The Hall–Kier alpha value is -0.970. The minimum absolute atomic E-state index is 0. The lowest BCUT2D eigenvalue weighted by Crippen LogP contribution is -2.26. The van der Waals surface area contributed by atoms with Crippen LogP contribution in [-0.2, 0) is 4.84 Å². The van der Waals surface area contributed by atoms with E-state index in [1.807, 2.05) is 18.2 Å². The Balaban J connectivity index is 0.00000242. The van der Waals surface area contributed by atoms with Gasteiger partial charge in [-0.05, 0) is 44.1 Å². The smallest absolute Gasteiger partial charge is 0.129 e. The highest BCUT2D eigenvalue weighted by atomic mass is 35.5. The van der Waals surface area contributed by atoms with Gasteiger partial charge in [0.25, 0.3) is 0 Å². The standard InChI is InChI=1S/C16H23ClN2O2.ClH/c1-3-19(4-2)9-11-21-18-15-6-5-10-20-16-8-7-13(17)12-14(15)16;/h7-8,12H,3-6,9-11H2,1-2H3;1H/b18-15+;. The third kappa shape index (κ3) is 5.34. The topological polar surface area (TPSA) is 34.1 Å². The highest BCUT2D eigenvalue weighted by Gasteiger charge is 2.16. The van der Waals surface area contributed by atoms with Crippen LogP contribution in [-0.4, -0.2) is 43.5 Å². The zero-order valence-electron chi connectivity index (χ0n) is 13.2. The fourth-order valence-corrected chi connectivity index (χ4v) is 2.51. The number of nitrogens with zero attached hydrogens (tertiary/aromatic N) is 2. The molecule has 0 spiro atoms. The van der Waals surface area contributed by atoms with Crippen LogP contribution in [0.25, 0.3) is 0 Å². The lowest BCUT2D eigenvalue weighted by atomic mass is 10.1. The normalized spacial score (nSPS) is 15.7. The Morgan fingerprint density at radius 2 is 2.09 bits per heavy atom. The van der Waals surface area contributed by atoms with E-state index in [4.69, 9.17) is 21.2 Å². The van der Waals surface area contributed by atoms with Crippen molar-refractivity contribution in [1.29, 1.82) is 0 Å². The fraction of sp³-hybridized carbons (Fsp3) is 0.562. The van der Waals surface area contributed by atoms with E-state index in [0.29, 0.717) is 18.2 Å². The van der Waals surface area contributed by atoms with Gasteiger partial charge in [-0.25, -0.2) is 0 Å². The second kappa shape index (κ2) is 9.93. The van der Waals surface area contributed by atoms with Crippen molar-refractivity contribution < 1.29 is 9.57 Å². The summed E-state index contributed by atoms with van der Waals surface area (Å²) in [5.41, 5.74) is 1.87. The molecule has 1 heterocycles. The Morgan fingerprint density at radius 3 is 2.82 bits per heavy atom. The van der Waals surface area contributed by atoms with E-state index in [2.05, 4.69) is 23.9 Å². The lowest BCUT2D eigenvalue weighted by Gasteiger charge is -2.16. The van der Waals surface area contributed by atoms with E-state index in [-0.39, 0.29) is 12.4 Å². The molecule has 0 saturated heterocycles. The van der Waals surface area contributed by atoms with E-state index >= 15 is 0 Å². The van der Waals surface area contributed by atoms with E-state index in [1.165, 1.54) is 0 Å². The first kappa shape index (κ1) is 19.1. The molecule has 1 aliphatic rings. The van der Waals surface area contributed by atoms with Crippen LogP contribution < -0.4 is 4.74 Å². The van der Waals surface area contributed by atoms with Crippen molar-refractivity contribution in [2.75, 3.05) is 32.8 Å². The fourth-order valence-electron chi connectivity index (χ4n) is 2.34. The molecule has 0 amide bonds. The summed E-state index contributed by atoms with van der Waals surface area (Å²) in [6, 6.07) is 5.63. The van der Waals surface area contributed by atoms with Gasteiger partial charge in [-0.15, -0.1) is 12.4 Å². The van der Waals surface area contributed by atoms with Crippen LogP contribution in [0.4, 0.5) is 0 Å². The summed E-state index contributed by atoms with van der Waals surface area (Å²) >= 11 is 6.08. The summed E-state index contributed by atoms with van der Waals surface area (Å²) in [4.78, 5) is 7.81. The van der Waals surface area contributed by atoms with E-state index < -0.39 is 0 Å². The molecular formula is C16H24Cl2N2O2. The summed E-state index contributed by atoms with van der Waals surface area (Å²) in [5, 5.41) is 5.01. The zero-order chi connectivity index (χ0) is 15.1. The Bertz CT molecular complexity index is 491. The molecule has 6 heteroatoms. The summed E-state index contributed by atoms with van der Waals surface area (Å²) in [6.07, 6.45) is 1.78. The monoisotopic (exact) mass is 346 g/mol. The van der Waals surface area contributed by atoms with Crippen LogP contribution in [0.15, 0.2) is 23.4 Å². The van der Waals surface area contributed by atoms with E-state index in [0.717, 1.165) is 49.5 Å². The zero-order valence-corrected chi connectivity index (χ0v) is 14.8. The Kier molecular flexibility index (Phi) is 8.61. The maximum atomic E-state index is 6.08. The first-order valence-corrected chi connectivity index (χ1v) is 7.96. The number of benzene rings is 1. The maximum Gasteiger partial charge on any atom is 0.129 e. The molecule has 0 radical (unpaired) electrons. The van der Waals surface area contributed by atoms with Crippen molar-refractivity contribution in [2.45, 2.75) is 26.7 Å². The number of halogens is 2. The summed E-state index contributed by atoms with van der Waals surface area (Å²) in [7, 11) is 0. The molecule has 1 aliphatic heterocycles. The van der Waals surface area contributed by atoms with Gasteiger partial charge in [-0.1, -0.05) is 30.6 Å². The van der Waals surface area contributed by atoms with Crippen LogP contribution in [0.1, 0.15) is 32.3 Å². The minimum atomic E-state index is 0. The van der Waals surface area contributed by atoms with Crippen LogP contribution in [0.2, 0.25) is 5.02 Å². The van der Waals surface area contributed by atoms with Crippen molar-refractivity contribution in [3.8, 4) is 5.75 Å². The molecule has 2 rings (SSSR count). The third-order valence-corrected chi connectivity index (χ3v) is 3.87. The average molecular weight is 347 g/mol. The SMILES string of the molecule is CCN(CC)CCO/N=C1\CCCOc2ccc(Cl)cc21.Cl. The number of rotatable bonds is 6. The molecular weight excluding hydrogens is 323 g/mol. The molecule has 0 bridgehead atoms. The molecule has 4 nitrogen and oxygen atoms in total. The Morgan fingerprint density at radius 1 is 1.32 bits per heavy atom. The molecule has 22 heavy (non-hydrogen) atoms. The van der Waals surface area contributed by atoms with Gasteiger partial charge in [-0.3, -0.25) is 0 Å². The molecule has 0 saturated carbocycles. The van der Waals surface area contributed by atoms with Crippen LogP contribution in [0.3, 0.4) is 0 Å². The van der Waals surface area contributed by atoms with Crippen molar-refractivity contribution >= 4 is 29.7 Å². The minimum Gasteiger partial charge on any atom is -0.493 e. The number of ether oxygens (including phenoxy) is 1. The molecule has 1 aromatic rings. The van der Waals surface area contributed by atoms with Crippen LogP contribution >= 0.6 is 24.0 Å². The summed E-state index contributed by atoms with van der Waals surface area (Å²) in [6.45, 7) is 8.55. The van der Waals surface area contributed by atoms with Gasteiger partial charge in [0.15, 0.2) is 0 Å². The van der Waals surface area contributed by atoms with Crippen molar-refractivity contribution in [2.24, 2.45) is 5.16 Å². The molecule has 0 aliphatic carbocycles.